The van der Waals surface area contributed by atoms with Crippen LogP contribution < -0.4 is 0 Å². The molecule has 8 nitrogen and oxygen atoms in total. The molecule has 1 aromatic carbocycles. The van der Waals surface area contributed by atoms with Gasteiger partial charge in [-0.15, -0.1) is 11.3 Å². The summed E-state index contributed by atoms with van der Waals surface area (Å²) in [7, 11) is -3.11. The number of nitrogens with zero attached hydrogens (tertiary/aromatic N) is 3. The number of aryl methyl sites for hydroxylation is 2. The number of aromatic nitrogens is 2. The number of fused-ring (bicyclic) bond motifs is 1. The van der Waals surface area contributed by atoms with Crippen LogP contribution in [0.4, 0.5) is 0 Å². The van der Waals surface area contributed by atoms with E-state index in [1.54, 1.807) is 13.0 Å². The Morgan fingerprint density at radius 2 is 1.97 bits per heavy atom. The summed E-state index contributed by atoms with van der Waals surface area (Å²) in [5, 5.41) is 5.48. The first-order chi connectivity index (χ1) is 15.7. The molecule has 1 fully saturated rings. The topological polar surface area (TPSA) is 98.6 Å². The van der Waals surface area contributed by atoms with Crippen molar-refractivity contribution in [3.8, 4) is 0 Å². The van der Waals surface area contributed by atoms with Gasteiger partial charge in [-0.2, -0.15) is 5.10 Å². The van der Waals surface area contributed by atoms with E-state index in [9.17, 15) is 18.0 Å². The van der Waals surface area contributed by atoms with Gasteiger partial charge in [-0.05, 0) is 38.8 Å². The fourth-order valence-corrected chi connectivity index (χ4v) is 6.91. The maximum atomic E-state index is 12.7. The van der Waals surface area contributed by atoms with Crippen LogP contribution >= 0.6 is 11.3 Å². The first kappa shape index (κ1) is 23.4. The Labute approximate surface area is 197 Å². The summed E-state index contributed by atoms with van der Waals surface area (Å²) in [4.78, 5) is 28.0. The van der Waals surface area contributed by atoms with E-state index < -0.39 is 22.4 Å². The highest BCUT2D eigenvalue weighted by Gasteiger charge is 2.34. The molecule has 0 bridgehead atoms. The maximum Gasteiger partial charge on any atom is 0.348 e. The molecular weight excluding hydrogens is 462 g/mol. The fraction of sp³-hybridized carbons (Fsp3) is 0.435. The number of carbonyl (C=O) groups is 2. The van der Waals surface area contributed by atoms with E-state index in [1.807, 2.05) is 18.5 Å². The minimum absolute atomic E-state index is 0.0341. The van der Waals surface area contributed by atoms with Crippen molar-refractivity contribution in [3.63, 3.8) is 0 Å². The van der Waals surface area contributed by atoms with Crippen molar-refractivity contribution in [1.29, 1.82) is 0 Å². The second-order valence-corrected chi connectivity index (χ2v) is 11.6. The Morgan fingerprint density at radius 3 is 2.61 bits per heavy atom. The predicted molar refractivity (Wildman–Crippen MR) is 127 cm³/mol. The van der Waals surface area contributed by atoms with E-state index in [0.29, 0.717) is 24.4 Å². The number of sulfone groups is 1. The van der Waals surface area contributed by atoms with E-state index in [4.69, 9.17) is 4.74 Å². The summed E-state index contributed by atoms with van der Waals surface area (Å²) in [6.07, 6.45) is 0.420. The van der Waals surface area contributed by atoms with Crippen LogP contribution in [0, 0.1) is 13.8 Å². The summed E-state index contributed by atoms with van der Waals surface area (Å²) in [6.45, 7) is 6.28. The molecular formula is C23H27N3O5S2. The molecule has 4 rings (SSSR count). The van der Waals surface area contributed by atoms with Crippen LogP contribution in [0.25, 0.3) is 10.2 Å². The molecule has 1 saturated heterocycles. The number of benzene rings is 1. The van der Waals surface area contributed by atoms with Crippen molar-refractivity contribution in [1.82, 2.24) is 14.7 Å². The molecule has 1 atom stereocenters. The number of rotatable bonds is 7. The van der Waals surface area contributed by atoms with Gasteiger partial charge in [-0.3, -0.25) is 9.48 Å². The molecule has 1 aliphatic rings. The smallest absolute Gasteiger partial charge is 0.348 e. The van der Waals surface area contributed by atoms with Crippen molar-refractivity contribution in [2.75, 3.05) is 24.7 Å². The molecule has 0 radical (unpaired) electrons. The lowest BCUT2D eigenvalue weighted by molar-refractivity contribution is -0.136. The zero-order chi connectivity index (χ0) is 23.8. The second-order valence-electron chi connectivity index (χ2n) is 8.37. The molecule has 10 heteroatoms. The summed E-state index contributed by atoms with van der Waals surface area (Å²) in [6, 6.07) is 9.62. The van der Waals surface area contributed by atoms with Gasteiger partial charge < -0.3 is 9.64 Å². The molecule has 0 N–H and O–H groups in total. The average molecular weight is 490 g/mol. The van der Waals surface area contributed by atoms with Crippen molar-refractivity contribution < 1.29 is 22.7 Å². The lowest BCUT2D eigenvalue weighted by Gasteiger charge is -2.26. The lowest BCUT2D eigenvalue weighted by Crippen LogP contribution is -2.43. The van der Waals surface area contributed by atoms with Gasteiger partial charge in [0.25, 0.3) is 5.91 Å². The van der Waals surface area contributed by atoms with Crippen LogP contribution in [0.15, 0.2) is 30.3 Å². The number of carbonyl (C=O) groups excluding carboxylic acids is 2. The summed E-state index contributed by atoms with van der Waals surface area (Å²) in [5.74, 6) is -0.896. The quantitative estimate of drug-likeness (QED) is 0.473. The SMILES string of the molecule is CCN(C(=O)COC(=O)c1cc2c(C)nn(Cc3ccc(C)cc3)c2s1)C1CCS(=O)(=O)C1. The van der Waals surface area contributed by atoms with Crippen LogP contribution in [0.3, 0.4) is 0 Å². The van der Waals surface area contributed by atoms with Crippen LogP contribution in [0.1, 0.15) is 39.8 Å². The Bertz CT molecular complexity index is 1290. The highest BCUT2D eigenvalue weighted by atomic mass is 32.2. The zero-order valence-electron chi connectivity index (χ0n) is 18.9. The van der Waals surface area contributed by atoms with Crippen LogP contribution in [-0.4, -0.2) is 65.7 Å². The molecule has 2 aromatic heterocycles. The number of thiophene rings is 1. The molecule has 176 valence electrons. The third-order valence-corrected chi connectivity index (χ3v) is 8.78. The number of ether oxygens (including phenoxy) is 1. The third kappa shape index (κ3) is 5.11. The molecule has 1 amide bonds. The van der Waals surface area contributed by atoms with Gasteiger partial charge in [0.1, 0.15) is 9.71 Å². The van der Waals surface area contributed by atoms with Gasteiger partial charge in [0.15, 0.2) is 16.4 Å². The molecule has 0 spiro atoms. The second kappa shape index (κ2) is 9.26. The normalized spacial score (nSPS) is 17.4. The van der Waals surface area contributed by atoms with Crippen molar-refractivity contribution in [3.05, 3.63) is 52.0 Å². The first-order valence-electron chi connectivity index (χ1n) is 10.9. The highest BCUT2D eigenvalue weighted by Crippen LogP contribution is 2.29. The van der Waals surface area contributed by atoms with Gasteiger partial charge in [0.2, 0.25) is 0 Å². The number of likely N-dealkylation sites (N-methyl/N-ethyl adjacent to an activating group) is 1. The Kier molecular flexibility index (Phi) is 6.58. The van der Waals surface area contributed by atoms with Crippen LogP contribution in [0.2, 0.25) is 0 Å². The van der Waals surface area contributed by atoms with E-state index in [-0.39, 0.29) is 23.5 Å². The lowest BCUT2D eigenvalue weighted by atomic mass is 10.1. The van der Waals surface area contributed by atoms with Crippen molar-refractivity contribution in [2.24, 2.45) is 0 Å². The van der Waals surface area contributed by atoms with Crippen molar-refractivity contribution >= 4 is 43.3 Å². The van der Waals surface area contributed by atoms with Gasteiger partial charge in [0, 0.05) is 18.0 Å². The minimum Gasteiger partial charge on any atom is -0.451 e. The summed E-state index contributed by atoms with van der Waals surface area (Å²) < 4.78 is 30.7. The molecule has 0 aliphatic carbocycles. The zero-order valence-corrected chi connectivity index (χ0v) is 20.5. The molecule has 33 heavy (non-hydrogen) atoms. The Balaban J connectivity index is 1.44. The molecule has 3 aromatic rings. The number of amides is 1. The molecule has 3 heterocycles. The summed E-state index contributed by atoms with van der Waals surface area (Å²) >= 11 is 1.29. The molecule has 1 aliphatic heterocycles. The van der Waals surface area contributed by atoms with E-state index in [2.05, 4.69) is 29.4 Å². The van der Waals surface area contributed by atoms with Gasteiger partial charge in [-0.25, -0.2) is 13.2 Å². The highest BCUT2D eigenvalue weighted by molar-refractivity contribution is 7.91. The maximum absolute atomic E-state index is 12.7. The van der Waals surface area contributed by atoms with Gasteiger partial charge >= 0.3 is 5.97 Å². The molecule has 1 unspecified atom stereocenters. The number of hydrogen-bond acceptors (Lipinski definition) is 7. The third-order valence-electron chi connectivity index (χ3n) is 5.90. The first-order valence-corrected chi connectivity index (χ1v) is 13.5. The van der Waals surface area contributed by atoms with E-state index in [1.165, 1.54) is 21.8 Å². The largest absolute Gasteiger partial charge is 0.451 e. The monoisotopic (exact) mass is 489 g/mol. The Hall–Kier alpha value is -2.72. The predicted octanol–water partition coefficient (Wildman–Crippen LogP) is 2.96. The van der Waals surface area contributed by atoms with Crippen molar-refractivity contribution in [2.45, 2.75) is 39.8 Å². The number of hydrogen-bond donors (Lipinski definition) is 0. The van der Waals surface area contributed by atoms with Crippen LogP contribution in [-0.2, 0) is 25.9 Å². The van der Waals surface area contributed by atoms with E-state index in [0.717, 1.165) is 21.5 Å². The molecule has 0 saturated carbocycles. The minimum atomic E-state index is -3.11. The van der Waals surface area contributed by atoms with Gasteiger partial charge in [0.05, 0.1) is 23.7 Å². The van der Waals surface area contributed by atoms with Gasteiger partial charge in [-0.1, -0.05) is 29.8 Å². The standard InChI is InChI=1S/C23H27N3O5S2/c1-4-25(18-9-10-33(29,30)14-18)21(27)13-31-23(28)20-11-19-16(3)24-26(22(19)32-20)12-17-7-5-15(2)6-8-17/h5-8,11,18H,4,9-10,12-14H2,1-3H3. The number of esters is 1. The van der Waals surface area contributed by atoms with E-state index >= 15 is 0 Å². The summed E-state index contributed by atoms with van der Waals surface area (Å²) in [5.41, 5.74) is 3.12. The Morgan fingerprint density at radius 1 is 1.24 bits per heavy atom. The average Bonchev–Trinajstić information content (AvgIpc) is 3.44. The van der Waals surface area contributed by atoms with Crippen LogP contribution in [0.5, 0.6) is 0 Å². The fourth-order valence-electron chi connectivity index (χ4n) is 4.13.